The third kappa shape index (κ3) is 15.1. The van der Waals surface area contributed by atoms with E-state index in [1.54, 1.807) is 71.9 Å². The minimum absolute atomic E-state index is 0.0163. The van der Waals surface area contributed by atoms with E-state index in [0.29, 0.717) is 149 Å². The Hall–Kier alpha value is -14.5. The summed E-state index contributed by atoms with van der Waals surface area (Å²) in [6, 6.07) is 98.5. The lowest BCUT2D eigenvalue weighted by atomic mass is 9.89. The molecule has 5 fully saturated rings. The van der Waals surface area contributed by atoms with E-state index in [9.17, 15) is 52.3 Å². The third-order valence-electron chi connectivity index (χ3n) is 27.3. The standard InChI is InChI=1S/C24H20ClN3O2.C23H16ClFN2O2.C23H18ClN3O2.C20H19ClN2O2.C19H17ClN2O2/c25-19-12-10-18(11-13-19)24-21-9-5-4-8-20(21)22(29)27(24)14-15-28(24)23(30)26-16-17-6-2-1-3-7-17;24-17-9-7-16(8-10-17)23-20-4-2-1-3-19(20)22(29)27(23)14-13-26(23)21(28)15-5-11-18(25)12-6-15;24-17-12-10-16(11-13-17)23-20-9-5-4-8-19(20)21(28)26(23)14-15-27(23)22(29)25-18-6-2-1-3-7-18;1-2-5-18(24)22-12-13-23-19(25)16-6-3-4-7-17(16)20(22,23)14-8-10-15(21)11-9-14;1-2-17(23)21-11-12-22-18(24)15-5-3-4-6-16(15)19(21,22)13-7-9-14(20)10-8-13/h1-13H,14-16H2,(H,26,30);1-12H,13-14H2;1-13H,14-15H2,(H,25,29);3-4,6-11H,2,5,12-13H2,1H3;3-10H,2,11-12H2,1H3. The molecule has 13 aromatic carbocycles. The number of amides is 12. The van der Waals surface area contributed by atoms with Crippen molar-refractivity contribution in [1.29, 1.82) is 0 Å². The maximum atomic E-state index is 13.5. The zero-order valence-electron chi connectivity index (χ0n) is 74.4. The van der Waals surface area contributed by atoms with E-state index in [1.165, 1.54) is 24.3 Å². The predicted octanol–water partition coefficient (Wildman–Crippen LogP) is 19.9. The Morgan fingerprint density at radius 3 is 0.891 bits per heavy atom. The van der Waals surface area contributed by atoms with Crippen LogP contribution in [0, 0.1) is 5.82 Å². The molecule has 5 atom stereocenters. The minimum Gasteiger partial charge on any atom is -0.334 e. The van der Waals surface area contributed by atoms with Gasteiger partial charge in [-0.15, -0.1) is 0 Å². The molecule has 23 rings (SSSR count). The van der Waals surface area contributed by atoms with Crippen molar-refractivity contribution in [3.63, 3.8) is 0 Å². The fourth-order valence-electron chi connectivity index (χ4n) is 21.6. The first-order valence-electron chi connectivity index (χ1n) is 45.3. The van der Waals surface area contributed by atoms with E-state index in [4.69, 9.17) is 58.0 Å². The smallest absolute Gasteiger partial charge is 0.324 e. The maximum Gasteiger partial charge on any atom is 0.324 e. The molecule has 10 aliphatic heterocycles. The van der Waals surface area contributed by atoms with Crippen molar-refractivity contribution in [2.75, 3.05) is 70.8 Å². The van der Waals surface area contributed by atoms with Crippen LogP contribution in [-0.4, -0.2) is 174 Å². The van der Waals surface area contributed by atoms with Gasteiger partial charge in [0.25, 0.3) is 35.4 Å². The average molecular weight is 1920 g/mol. The van der Waals surface area contributed by atoms with Crippen molar-refractivity contribution in [3.8, 4) is 0 Å². The normalized spacial score (nSPS) is 20.5. The first kappa shape index (κ1) is 91.6. The summed E-state index contributed by atoms with van der Waals surface area (Å²) in [5.74, 6) is -0.814. The molecule has 22 nitrogen and oxygen atoms in total. The van der Waals surface area contributed by atoms with Crippen LogP contribution in [0.25, 0.3) is 0 Å². The first-order valence-corrected chi connectivity index (χ1v) is 47.2. The Balaban J connectivity index is 0.000000110. The van der Waals surface area contributed by atoms with Gasteiger partial charge in [0.2, 0.25) is 11.8 Å². The molecule has 12 amide bonds. The number of hydrogen-bond donors (Lipinski definition) is 2. The SMILES string of the molecule is CCC(=O)N1CCN2C(=O)c3ccccc3C12c1ccc(Cl)cc1.CCCC(=O)N1CCN2C(=O)c3ccccc3C12c1ccc(Cl)cc1.O=C(NCc1ccccc1)N1CCN2C(=O)c3ccccc3C12c1ccc(Cl)cc1.O=C(Nc1ccccc1)N1CCN2C(=O)c3ccccc3C12c1ccc(Cl)cc1.O=C(c1ccc(F)cc1)N1CCN2C(=O)c3ccccc3C12c1ccc(Cl)cc1. The Morgan fingerprint density at radius 2 is 0.569 bits per heavy atom. The first-order chi connectivity index (χ1) is 66.5. The number of hydrogen-bond acceptors (Lipinski definition) is 10. The molecule has 137 heavy (non-hydrogen) atoms. The number of halogens is 6. The second-order valence-electron chi connectivity index (χ2n) is 34.3. The predicted molar refractivity (Wildman–Crippen MR) is 522 cm³/mol. The summed E-state index contributed by atoms with van der Waals surface area (Å²) in [6.45, 7) is 8.99. The van der Waals surface area contributed by atoms with E-state index >= 15 is 0 Å². The van der Waals surface area contributed by atoms with Gasteiger partial charge in [-0.05, 0) is 139 Å². The van der Waals surface area contributed by atoms with Crippen LogP contribution < -0.4 is 10.6 Å². The summed E-state index contributed by atoms with van der Waals surface area (Å²) in [6.07, 6.45) is 1.65. The average Bonchev–Trinajstić information content (AvgIpc) is 1.55. The summed E-state index contributed by atoms with van der Waals surface area (Å²) in [7, 11) is 0. The van der Waals surface area contributed by atoms with Gasteiger partial charge in [-0.2, -0.15) is 0 Å². The quantitative estimate of drug-likeness (QED) is 0.118. The number of anilines is 1. The number of benzene rings is 13. The maximum absolute atomic E-state index is 13.5. The number of rotatable bonds is 12. The Labute approximate surface area is 815 Å². The molecular formula is C109H90Cl5FN12O10. The van der Waals surface area contributed by atoms with Gasteiger partial charge in [-0.1, -0.05) is 272 Å². The molecule has 0 spiro atoms. The number of carbonyl (C=O) groups is 10. The monoisotopic (exact) mass is 1920 g/mol. The number of nitrogens with zero attached hydrogens (tertiary/aromatic N) is 10. The number of fused-ring (bicyclic) bond motifs is 15. The Kier molecular flexibility index (Phi) is 25.0. The van der Waals surface area contributed by atoms with Crippen molar-refractivity contribution < 1.29 is 52.3 Å². The molecule has 2 N–H and O–H groups in total. The van der Waals surface area contributed by atoms with Crippen LogP contribution in [0.1, 0.15) is 156 Å². The van der Waals surface area contributed by atoms with Gasteiger partial charge in [0.15, 0.2) is 28.3 Å². The van der Waals surface area contributed by atoms with E-state index in [2.05, 4.69) is 10.6 Å². The summed E-state index contributed by atoms with van der Waals surface area (Å²) in [5, 5.41) is 9.05. The molecule has 0 saturated carbocycles. The van der Waals surface area contributed by atoms with Crippen LogP contribution in [0.3, 0.4) is 0 Å². The Morgan fingerprint density at radius 1 is 0.299 bits per heavy atom. The summed E-state index contributed by atoms with van der Waals surface area (Å²) in [5.41, 5.74) is 8.96. The molecule has 0 bridgehead atoms. The largest absolute Gasteiger partial charge is 0.334 e. The molecular weight excluding hydrogens is 1830 g/mol. The van der Waals surface area contributed by atoms with Crippen LogP contribution in [0.5, 0.6) is 0 Å². The zero-order chi connectivity index (χ0) is 95.4. The van der Waals surface area contributed by atoms with Crippen molar-refractivity contribution in [2.45, 2.75) is 68.0 Å². The second kappa shape index (κ2) is 37.3. The van der Waals surface area contributed by atoms with Crippen LogP contribution >= 0.6 is 58.0 Å². The highest BCUT2D eigenvalue weighted by Gasteiger charge is 2.65. The topological polar surface area (TPSA) is 227 Å². The van der Waals surface area contributed by atoms with Gasteiger partial charge >= 0.3 is 12.1 Å². The van der Waals surface area contributed by atoms with Gasteiger partial charge in [0.05, 0.1) is 0 Å². The van der Waals surface area contributed by atoms with Crippen LogP contribution in [-0.2, 0) is 44.4 Å². The summed E-state index contributed by atoms with van der Waals surface area (Å²) >= 11 is 30.5. The third-order valence-corrected chi connectivity index (χ3v) is 28.5. The van der Waals surface area contributed by atoms with E-state index in [0.717, 1.165) is 67.6 Å². The van der Waals surface area contributed by atoms with Crippen molar-refractivity contribution in [3.05, 3.63) is 453 Å². The zero-order valence-corrected chi connectivity index (χ0v) is 78.2. The van der Waals surface area contributed by atoms with Crippen LogP contribution in [0.2, 0.25) is 25.1 Å². The Bertz CT molecular complexity index is 6940. The van der Waals surface area contributed by atoms with Gasteiger partial charge in [0, 0.05) is 205 Å². The lowest BCUT2D eigenvalue weighted by Crippen LogP contribution is -2.54. The molecule has 0 aromatic heterocycles. The minimum atomic E-state index is -1.05. The highest BCUT2D eigenvalue weighted by atomic mass is 35.5. The van der Waals surface area contributed by atoms with Gasteiger partial charge in [-0.3, -0.25) is 48.2 Å². The van der Waals surface area contributed by atoms with Gasteiger partial charge < -0.3 is 49.8 Å². The van der Waals surface area contributed by atoms with Gasteiger partial charge in [0.1, 0.15) is 5.82 Å². The highest BCUT2D eigenvalue weighted by Crippen LogP contribution is 2.56. The van der Waals surface area contributed by atoms with Crippen molar-refractivity contribution in [2.24, 2.45) is 0 Å². The highest BCUT2D eigenvalue weighted by molar-refractivity contribution is 6.32. The summed E-state index contributed by atoms with van der Waals surface area (Å²) in [4.78, 5) is 149. The molecule has 0 radical (unpaired) electrons. The number of carbonyl (C=O) groups excluding carboxylic acids is 10. The van der Waals surface area contributed by atoms with Gasteiger partial charge in [-0.25, -0.2) is 14.0 Å². The van der Waals surface area contributed by atoms with Crippen LogP contribution in [0.15, 0.2) is 328 Å². The fourth-order valence-corrected chi connectivity index (χ4v) is 22.2. The second-order valence-corrected chi connectivity index (χ2v) is 36.5. The molecule has 5 saturated heterocycles. The molecule has 0 aliphatic carbocycles. The summed E-state index contributed by atoms with van der Waals surface area (Å²) < 4.78 is 13.4. The molecule has 10 heterocycles. The molecule has 5 unspecified atom stereocenters. The molecule has 28 heteroatoms. The molecule has 688 valence electrons. The molecule has 13 aromatic rings. The number of nitrogens with one attached hydrogen (secondary N) is 2. The van der Waals surface area contributed by atoms with Crippen molar-refractivity contribution >= 4 is 123 Å². The van der Waals surface area contributed by atoms with Crippen molar-refractivity contribution in [1.82, 2.24) is 54.3 Å². The van der Waals surface area contributed by atoms with E-state index < -0.39 is 34.1 Å². The lowest BCUT2D eigenvalue weighted by Gasteiger charge is -2.40. The fraction of sp³-hybridized carbons (Fsp3) is 0.193. The van der Waals surface area contributed by atoms with E-state index in [1.807, 2.05) is 294 Å². The number of urea groups is 2. The lowest BCUT2D eigenvalue weighted by molar-refractivity contribution is -0.137. The van der Waals surface area contributed by atoms with E-state index in [-0.39, 0.29) is 59.3 Å². The van der Waals surface area contributed by atoms with Crippen LogP contribution in [0.4, 0.5) is 19.7 Å². The molecule has 10 aliphatic rings. The number of para-hydroxylation sites is 1.